The van der Waals surface area contributed by atoms with E-state index in [0.717, 1.165) is 16.7 Å². The van der Waals surface area contributed by atoms with Crippen molar-refractivity contribution in [3.8, 4) is 0 Å². The first kappa shape index (κ1) is 30.0. The predicted octanol–water partition coefficient (Wildman–Crippen LogP) is 0.825. The first-order chi connectivity index (χ1) is 17.8. The monoisotopic (exact) mass is 557 g/mol. The van der Waals surface area contributed by atoms with Gasteiger partial charge >= 0.3 is 29.6 Å². The average Bonchev–Trinajstić information content (AvgIpc) is 2.90. The number of nitrogens with zero attached hydrogens (tertiary/aromatic N) is 2. The van der Waals surface area contributed by atoms with Crippen molar-refractivity contribution in [1.29, 1.82) is 0 Å². The standard InChI is InChI=1S/C28H26ClN3O4S.Na/c29-25-12-14-26(15-13-25)37(35,36)31-27(23-6-2-1-3-7-23)20-32(19-22-5-4-16-30-17-22)18-21-8-10-24(11-9-21)28(33)34;/h1-17,27,31H,18-20H2,(H,33,34);/q;+1/p-1/t27-;/m1./s1. The van der Waals surface area contributed by atoms with Crippen LogP contribution in [-0.4, -0.2) is 30.8 Å². The Hall–Kier alpha value is -2.56. The molecule has 0 aliphatic carbocycles. The van der Waals surface area contributed by atoms with Gasteiger partial charge in [0.2, 0.25) is 10.0 Å². The third kappa shape index (κ3) is 8.47. The van der Waals surface area contributed by atoms with Gasteiger partial charge in [0.25, 0.3) is 0 Å². The van der Waals surface area contributed by atoms with Gasteiger partial charge in [-0.15, -0.1) is 0 Å². The van der Waals surface area contributed by atoms with Crippen LogP contribution in [0.3, 0.4) is 0 Å². The van der Waals surface area contributed by atoms with Crippen LogP contribution in [0.5, 0.6) is 0 Å². The van der Waals surface area contributed by atoms with Crippen LogP contribution in [-0.2, 0) is 23.1 Å². The maximum absolute atomic E-state index is 13.3. The number of aromatic carboxylic acids is 1. The van der Waals surface area contributed by atoms with Gasteiger partial charge in [0, 0.05) is 37.1 Å². The van der Waals surface area contributed by atoms with Crippen molar-refractivity contribution in [2.45, 2.75) is 24.0 Å². The minimum atomic E-state index is -3.85. The molecule has 1 N–H and O–H groups in total. The number of carbonyl (C=O) groups is 1. The van der Waals surface area contributed by atoms with Crippen molar-refractivity contribution in [3.05, 3.63) is 131 Å². The first-order valence-electron chi connectivity index (χ1n) is 11.5. The Kier molecular flexibility index (Phi) is 11.1. The van der Waals surface area contributed by atoms with Crippen molar-refractivity contribution in [1.82, 2.24) is 14.6 Å². The Morgan fingerprint density at radius 2 is 1.55 bits per heavy atom. The first-order valence-corrected chi connectivity index (χ1v) is 13.4. The van der Waals surface area contributed by atoms with E-state index in [9.17, 15) is 18.3 Å². The topological polar surface area (TPSA) is 102 Å². The number of hydrogen-bond donors (Lipinski definition) is 1. The Morgan fingerprint density at radius 3 is 2.16 bits per heavy atom. The summed E-state index contributed by atoms with van der Waals surface area (Å²) in [5.74, 6) is -1.24. The van der Waals surface area contributed by atoms with E-state index in [2.05, 4.69) is 14.6 Å². The second-order valence-corrected chi connectivity index (χ2v) is 10.7. The van der Waals surface area contributed by atoms with Gasteiger partial charge in [0.1, 0.15) is 0 Å². The van der Waals surface area contributed by atoms with Crippen molar-refractivity contribution in [2.24, 2.45) is 0 Å². The molecule has 3 aromatic carbocycles. The van der Waals surface area contributed by atoms with Gasteiger partial charge < -0.3 is 9.90 Å². The van der Waals surface area contributed by atoms with Gasteiger partial charge in [0.05, 0.1) is 16.9 Å². The number of hydrogen-bond acceptors (Lipinski definition) is 6. The molecule has 0 fully saturated rings. The molecule has 0 aliphatic rings. The summed E-state index contributed by atoms with van der Waals surface area (Å²) >= 11 is 5.95. The van der Waals surface area contributed by atoms with E-state index in [0.29, 0.717) is 24.7 Å². The number of pyridine rings is 1. The van der Waals surface area contributed by atoms with E-state index >= 15 is 0 Å². The summed E-state index contributed by atoms with van der Waals surface area (Å²) < 4.78 is 29.4. The molecule has 4 rings (SSSR count). The molecule has 1 aromatic heterocycles. The number of rotatable bonds is 11. The number of benzene rings is 3. The Labute approximate surface area is 249 Å². The van der Waals surface area contributed by atoms with Crippen LogP contribution >= 0.6 is 11.6 Å². The molecule has 0 bridgehead atoms. The summed E-state index contributed by atoms with van der Waals surface area (Å²) in [7, 11) is -3.85. The molecule has 0 amide bonds. The van der Waals surface area contributed by atoms with E-state index in [1.54, 1.807) is 36.7 Å². The number of carboxylic acid groups (broad SMARTS) is 1. The Balaban J connectivity index is 0.00000400. The molecule has 0 unspecified atom stereocenters. The Bertz CT molecular complexity index is 1420. The fraction of sp³-hybridized carbons (Fsp3) is 0.143. The summed E-state index contributed by atoms with van der Waals surface area (Å²) in [5, 5.41) is 11.6. The van der Waals surface area contributed by atoms with E-state index in [1.165, 1.54) is 24.3 Å². The molecule has 0 saturated carbocycles. The van der Waals surface area contributed by atoms with Crippen LogP contribution in [0.4, 0.5) is 0 Å². The minimum Gasteiger partial charge on any atom is -0.545 e. The molecule has 10 heteroatoms. The third-order valence-corrected chi connectivity index (χ3v) is 7.53. The summed E-state index contributed by atoms with van der Waals surface area (Å²) in [4.78, 5) is 17.6. The number of carboxylic acids is 1. The molecule has 0 radical (unpaired) electrons. The number of nitrogens with one attached hydrogen (secondary N) is 1. The van der Waals surface area contributed by atoms with E-state index < -0.39 is 22.0 Å². The predicted molar refractivity (Wildman–Crippen MR) is 140 cm³/mol. The molecule has 4 aromatic rings. The van der Waals surface area contributed by atoms with E-state index in [4.69, 9.17) is 11.6 Å². The zero-order chi connectivity index (χ0) is 26.3. The fourth-order valence-electron chi connectivity index (χ4n) is 3.96. The normalized spacial score (nSPS) is 12.1. The SMILES string of the molecule is O=C([O-])c1ccc(CN(Cc2cccnc2)C[C@@H](NS(=O)(=O)c2ccc(Cl)cc2)c2ccccc2)cc1.[Na+]. The maximum atomic E-state index is 13.3. The van der Waals surface area contributed by atoms with E-state index in [1.807, 2.05) is 42.5 Å². The molecule has 0 aliphatic heterocycles. The van der Waals surface area contributed by atoms with Crippen molar-refractivity contribution in [3.63, 3.8) is 0 Å². The number of halogens is 1. The van der Waals surface area contributed by atoms with Crippen LogP contribution in [0.1, 0.15) is 33.1 Å². The number of aromatic nitrogens is 1. The van der Waals surface area contributed by atoms with Crippen LogP contribution < -0.4 is 39.4 Å². The number of carbonyl (C=O) groups excluding carboxylic acids is 1. The molecule has 1 heterocycles. The van der Waals surface area contributed by atoms with Gasteiger partial charge in [-0.1, -0.05) is 72.3 Å². The second kappa shape index (κ2) is 14.0. The number of sulfonamides is 1. The van der Waals surface area contributed by atoms with Gasteiger partial charge in [-0.3, -0.25) is 9.88 Å². The molecule has 7 nitrogen and oxygen atoms in total. The zero-order valence-corrected chi connectivity index (χ0v) is 24.4. The van der Waals surface area contributed by atoms with Crippen LogP contribution in [0, 0.1) is 0 Å². The maximum Gasteiger partial charge on any atom is 1.00 e. The van der Waals surface area contributed by atoms with Crippen molar-refractivity contribution in [2.75, 3.05) is 6.54 Å². The molecular weight excluding hydrogens is 533 g/mol. The van der Waals surface area contributed by atoms with Gasteiger partial charge in [-0.25, -0.2) is 13.1 Å². The largest absolute Gasteiger partial charge is 1.00 e. The summed E-state index contributed by atoms with van der Waals surface area (Å²) in [6.45, 7) is 1.30. The average molecular weight is 558 g/mol. The van der Waals surface area contributed by atoms with Crippen LogP contribution in [0.2, 0.25) is 5.02 Å². The smallest absolute Gasteiger partial charge is 0.545 e. The summed E-state index contributed by atoms with van der Waals surface area (Å²) in [6, 6.07) is 25.1. The Morgan fingerprint density at radius 1 is 0.895 bits per heavy atom. The van der Waals surface area contributed by atoms with Gasteiger partial charge in [0.15, 0.2) is 0 Å². The minimum absolute atomic E-state index is 0. The summed E-state index contributed by atoms with van der Waals surface area (Å²) in [6.07, 6.45) is 3.46. The quantitative estimate of drug-likeness (QED) is 0.274. The molecular formula is C28H25ClN3NaO4S. The molecule has 1 atom stereocenters. The second-order valence-electron chi connectivity index (χ2n) is 8.55. The zero-order valence-electron chi connectivity index (χ0n) is 20.8. The van der Waals surface area contributed by atoms with Crippen LogP contribution in [0.15, 0.2) is 108 Å². The van der Waals surface area contributed by atoms with Crippen molar-refractivity contribution >= 4 is 27.6 Å². The van der Waals surface area contributed by atoms with Crippen molar-refractivity contribution < 1.29 is 47.9 Å². The summed E-state index contributed by atoms with van der Waals surface area (Å²) in [5.41, 5.74) is 2.74. The molecule has 0 spiro atoms. The molecule has 0 saturated heterocycles. The van der Waals surface area contributed by atoms with Gasteiger partial charge in [-0.05, 0) is 52.6 Å². The third-order valence-electron chi connectivity index (χ3n) is 5.79. The van der Waals surface area contributed by atoms with E-state index in [-0.39, 0.29) is 40.0 Å². The molecule has 190 valence electrons. The van der Waals surface area contributed by atoms with Gasteiger partial charge in [-0.2, -0.15) is 0 Å². The fourth-order valence-corrected chi connectivity index (χ4v) is 5.30. The van der Waals surface area contributed by atoms with Crippen LogP contribution in [0.25, 0.3) is 0 Å². The molecule has 38 heavy (non-hydrogen) atoms.